The molecule has 0 aliphatic heterocycles. The van der Waals surface area contributed by atoms with E-state index in [0.29, 0.717) is 17.3 Å². The van der Waals surface area contributed by atoms with Crippen molar-refractivity contribution in [1.29, 1.82) is 0 Å². The minimum absolute atomic E-state index is 0.516. The first-order valence-corrected chi connectivity index (χ1v) is 13.7. The van der Waals surface area contributed by atoms with Crippen LogP contribution in [0, 0.1) is 23.2 Å². The fraction of sp³-hybridized carbons (Fsp3) is 0.690. The monoisotopic (exact) mass is 550 g/mol. The van der Waals surface area contributed by atoms with Crippen molar-refractivity contribution >= 4 is 28.3 Å². The number of nitrogens with one attached hydrogen (secondary N) is 1. The standard InChI is InChI=1S/C29H47IN2/c1-20(2)19-32-16-12-22(5)17-26(21(3)4)28(24(7)31-8)27(30)18-23(6)29-13-9-25(10-14-29)11-15-29/h18,20,23,25,32H,3,5,9-17,19H2,1-2,4,6-8H3/b27-18+,28-26+,31-24-. The van der Waals surface area contributed by atoms with Crippen molar-refractivity contribution in [2.45, 2.75) is 86.0 Å². The quantitative estimate of drug-likeness (QED) is 0.0852. The van der Waals surface area contributed by atoms with E-state index in [1.807, 2.05) is 7.05 Å². The summed E-state index contributed by atoms with van der Waals surface area (Å²) in [5, 5.41) is 3.55. The molecular weight excluding hydrogens is 503 g/mol. The molecule has 3 aliphatic carbocycles. The molecule has 180 valence electrons. The molecule has 1 unspecified atom stereocenters. The van der Waals surface area contributed by atoms with Crippen LogP contribution in [0.1, 0.15) is 86.0 Å². The molecule has 1 N–H and O–H groups in total. The number of rotatable bonds is 12. The summed E-state index contributed by atoms with van der Waals surface area (Å²) < 4.78 is 1.34. The predicted molar refractivity (Wildman–Crippen MR) is 152 cm³/mol. The summed E-state index contributed by atoms with van der Waals surface area (Å²) in [4.78, 5) is 4.61. The number of halogens is 1. The Balaban J connectivity index is 2.25. The minimum Gasteiger partial charge on any atom is -0.316 e. The Morgan fingerprint density at radius 3 is 2.22 bits per heavy atom. The van der Waals surface area contributed by atoms with E-state index >= 15 is 0 Å². The van der Waals surface area contributed by atoms with Crippen molar-refractivity contribution in [2.75, 3.05) is 20.1 Å². The van der Waals surface area contributed by atoms with Crippen LogP contribution in [0.15, 0.2) is 50.1 Å². The van der Waals surface area contributed by atoms with Gasteiger partial charge < -0.3 is 5.32 Å². The fourth-order valence-electron chi connectivity index (χ4n) is 5.54. The van der Waals surface area contributed by atoms with Gasteiger partial charge in [0, 0.05) is 21.9 Å². The zero-order valence-corrected chi connectivity index (χ0v) is 23.8. The lowest BCUT2D eigenvalue weighted by Crippen LogP contribution is -2.38. The number of fused-ring (bicyclic) bond motifs is 3. The Labute approximate surface area is 212 Å². The van der Waals surface area contributed by atoms with Crippen molar-refractivity contribution in [2.24, 2.45) is 28.2 Å². The van der Waals surface area contributed by atoms with Gasteiger partial charge in [0.2, 0.25) is 0 Å². The molecule has 0 saturated heterocycles. The van der Waals surface area contributed by atoms with Crippen LogP contribution >= 0.6 is 22.6 Å². The van der Waals surface area contributed by atoms with Gasteiger partial charge in [-0.15, -0.1) is 0 Å². The third kappa shape index (κ3) is 7.41. The first-order valence-electron chi connectivity index (χ1n) is 12.7. The molecule has 3 fully saturated rings. The maximum absolute atomic E-state index is 4.61. The summed E-state index contributed by atoms with van der Waals surface area (Å²) in [5.74, 6) is 2.29. The SMILES string of the molecule is C=C(CCNCC(C)C)C/C(C(=C)C)=C(C(/C)=N\C)\C(I)=C/C(C)C12CCC(CC1)CC2. The van der Waals surface area contributed by atoms with Crippen LogP contribution in [-0.2, 0) is 0 Å². The zero-order chi connectivity index (χ0) is 23.9. The number of hydrogen-bond acceptors (Lipinski definition) is 2. The molecule has 2 nitrogen and oxygen atoms in total. The molecule has 0 radical (unpaired) electrons. The highest BCUT2D eigenvalue weighted by Crippen LogP contribution is 2.55. The average molecular weight is 551 g/mol. The average Bonchev–Trinajstić information content (AvgIpc) is 2.77. The second-order valence-corrected chi connectivity index (χ2v) is 12.0. The summed E-state index contributed by atoms with van der Waals surface area (Å²) in [7, 11) is 1.91. The minimum atomic E-state index is 0.516. The predicted octanol–water partition coefficient (Wildman–Crippen LogP) is 8.46. The van der Waals surface area contributed by atoms with Crippen LogP contribution in [0.3, 0.4) is 0 Å². The van der Waals surface area contributed by atoms with Gasteiger partial charge in [-0.2, -0.15) is 0 Å². The van der Waals surface area contributed by atoms with E-state index in [0.717, 1.165) is 43.1 Å². The van der Waals surface area contributed by atoms with E-state index in [2.05, 4.69) is 86.8 Å². The van der Waals surface area contributed by atoms with Crippen LogP contribution in [0.25, 0.3) is 0 Å². The molecule has 32 heavy (non-hydrogen) atoms. The molecule has 0 aromatic carbocycles. The smallest absolute Gasteiger partial charge is 0.0399 e. The van der Waals surface area contributed by atoms with Crippen LogP contribution in [0.5, 0.6) is 0 Å². The molecule has 0 amide bonds. The molecular formula is C29H47IN2. The van der Waals surface area contributed by atoms with Crippen molar-refractivity contribution in [3.8, 4) is 0 Å². The first kappa shape index (κ1) is 27.6. The maximum atomic E-state index is 4.61. The fourth-order valence-corrected chi connectivity index (χ4v) is 6.79. The van der Waals surface area contributed by atoms with Gasteiger partial charge in [-0.3, -0.25) is 4.99 Å². The van der Waals surface area contributed by atoms with Gasteiger partial charge in [0.25, 0.3) is 0 Å². The molecule has 0 spiro atoms. The van der Waals surface area contributed by atoms with E-state index in [-0.39, 0.29) is 0 Å². The Bertz CT molecular complexity index is 746. The largest absolute Gasteiger partial charge is 0.316 e. The Kier molecular flexibility index (Phi) is 10.9. The Morgan fingerprint density at radius 2 is 1.72 bits per heavy atom. The summed E-state index contributed by atoms with van der Waals surface area (Å²) >= 11 is 2.57. The summed E-state index contributed by atoms with van der Waals surface area (Å²) in [6, 6.07) is 0. The molecule has 3 heteroatoms. The van der Waals surface area contributed by atoms with Gasteiger partial charge in [-0.1, -0.05) is 51.2 Å². The highest BCUT2D eigenvalue weighted by Gasteiger charge is 2.43. The lowest BCUT2D eigenvalue weighted by atomic mass is 9.56. The van der Waals surface area contributed by atoms with Crippen molar-refractivity contribution in [3.63, 3.8) is 0 Å². The number of allylic oxidation sites excluding steroid dienone is 5. The Hall–Kier alpha value is -0.680. The lowest BCUT2D eigenvalue weighted by Gasteiger charge is -2.49. The van der Waals surface area contributed by atoms with E-state index in [1.54, 1.807) is 0 Å². The highest BCUT2D eigenvalue weighted by molar-refractivity contribution is 14.1. The van der Waals surface area contributed by atoms with Gasteiger partial charge in [0.05, 0.1) is 0 Å². The molecule has 3 aliphatic rings. The van der Waals surface area contributed by atoms with E-state index in [1.165, 1.54) is 58.8 Å². The van der Waals surface area contributed by atoms with Crippen molar-refractivity contribution in [1.82, 2.24) is 5.32 Å². The molecule has 0 heterocycles. The topological polar surface area (TPSA) is 24.4 Å². The lowest BCUT2D eigenvalue weighted by molar-refractivity contribution is 0.0322. The summed E-state index contributed by atoms with van der Waals surface area (Å²) in [6.45, 7) is 22.0. The third-order valence-corrected chi connectivity index (χ3v) is 8.80. The summed E-state index contributed by atoms with van der Waals surface area (Å²) in [6.07, 6.45) is 13.0. The van der Waals surface area contributed by atoms with E-state index < -0.39 is 0 Å². The maximum Gasteiger partial charge on any atom is 0.0399 e. The van der Waals surface area contributed by atoms with Crippen molar-refractivity contribution in [3.05, 3.63) is 45.1 Å². The molecule has 1 atom stereocenters. The van der Waals surface area contributed by atoms with Gasteiger partial charge in [0.1, 0.15) is 0 Å². The zero-order valence-electron chi connectivity index (χ0n) is 21.6. The van der Waals surface area contributed by atoms with Crippen LogP contribution < -0.4 is 5.32 Å². The first-order chi connectivity index (χ1) is 15.1. The molecule has 0 aromatic heterocycles. The number of nitrogens with zero attached hydrogens (tertiary/aromatic N) is 1. The number of aliphatic imine (C=N–C) groups is 1. The second-order valence-electron chi connectivity index (χ2n) is 10.9. The Morgan fingerprint density at radius 1 is 1.12 bits per heavy atom. The van der Waals surface area contributed by atoms with Gasteiger partial charge in [0.15, 0.2) is 0 Å². The van der Waals surface area contributed by atoms with Gasteiger partial charge >= 0.3 is 0 Å². The van der Waals surface area contributed by atoms with Crippen LogP contribution in [0.2, 0.25) is 0 Å². The molecule has 2 bridgehead atoms. The summed E-state index contributed by atoms with van der Waals surface area (Å²) in [5.41, 5.74) is 6.60. The van der Waals surface area contributed by atoms with Gasteiger partial charge in [-0.05, 0) is 130 Å². The van der Waals surface area contributed by atoms with Crippen LogP contribution in [0.4, 0.5) is 0 Å². The number of hydrogen-bond donors (Lipinski definition) is 1. The van der Waals surface area contributed by atoms with E-state index in [4.69, 9.17) is 0 Å². The van der Waals surface area contributed by atoms with Crippen LogP contribution in [-0.4, -0.2) is 25.8 Å². The van der Waals surface area contributed by atoms with Crippen molar-refractivity contribution < 1.29 is 0 Å². The molecule has 0 aromatic rings. The second kappa shape index (κ2) is 12.7. The van der Waals surface area contributed by atoms with E-state index in [9.17, 15) is 0 Å². The normalized spacial score (nSPS) is 25.7. The molecule has 3 saturated carbocycles. The van der Waals surface area contributed by atoms with Gasteiger partial charge in [-0.25, -0.2) is 0 Å². The molecule has 3 rings (SSSR count). The highest BCUT2D eigenvalue weighted by atomic mass is 127. The third-order valence-electron chi connectivity index (χ3n) is 7.90.